The Bertz CT molecular complexity index is 907. The van der Waals surface area contributed by atoms with Crippen LogP contribution in [-0.2, 0) is 21.7 Å². The van der Waals surface area contributed by atoms with E-state index in [1.165, 1.54) is 11.8 Å². The quantitative estimate of drug-likeness (QED) is 0.847. The molecule has 1 atom stereocenters. The van der Waals surface area contributed by atoms with Gasteiger partial charge in [-0.25, -0.2) is 0 Å². The van der Waals surface area contributed by atoms with Crippen LogP contribution in [0.1, 0.15) is 30.0 Å². The Morgan fingerprint density at radius 1 is 1.11 bits per heavy atom. The highest BCUT2D eigenvalue weighted by molar-refractivity contribution is 6.08. The van der Waals surface area contributed by atoms with Crippen LogP contribution in [0.2, 0.25) is 0 Å². The average Bonchev–Trinajstić information content (AvgIpc) is 2.82. The van der Waals surface area contributed by atoms with Crippen LogP contribution in [0, 0.1) is 6.92 Å². The lowest BCUT2D eigenvalue weighted by atomic mass is 9.89. The summed E-state index contributed by atoms with van der Waals surface area (Å²) in [4.78, 5) is 26.3. The van der Waals surface area contributed by atoms with E-state index in [-0.39, 0.29) is 18.7 Å². The molecule has 0 bridgehead atoms. The van der Waals surface area contributed by atoms with Crippen LogP contribution in [0.4, 0.5) is 5.69 Å². The summed E-state index contributed by atoms with van der Waals surface area (Å²) in [6.45, 7) is 3.50. The van der Waals surface area contributed by atoms with Crippen molar-refractivity contribution >= 4 is 17.4 Å². The zero-order valence-corrected chi connectivity index (χ0v) is 15.9. The molecule has 0 unspecified atom stereocenters. The van der Waals surface area contributed by atoms with Gasteiger partial charge in [-0.15, -0.1) is 0 Å². The van der Waals surface area contributed by atoms with Gasteiger partial charge >= 0.3 is 0 Å². The fourth-order valence-electron chi connectivity index (χ4n) is 3.51. The van der Waals surface area contributed by atoms with Crippen LogP contribution in [0.5, 0.6) is 11.5 Å². The summed E-state index contributed by atoms with van der Waals surface area (Å²) in [5.41, 5.74) is 0.993. The number of hydrogen-bond donors (Lipinski definition) is 1. The molecule has 0 saturated heterocycles. The first kappa shape index (κ1) is 18.9. The molecular weight excluding hydrogens is 346 g/mol. The number of aliphatic hydroxyl groups is 1. The van der Waals surface area contributed by atoms with E-state index in [4.69, 9.17) is 9.47 Å². The molecule has 6 heteroatoms. The fraction of sp³-hybridized carbons (Fsp3) is 0.333. The Labute approximate surface area is 158 Å². The number of methoxy groups -OCH3 is 2. The van der Waals surface area contributed by atoms with Crippen molar-refractivity contribution in [1.29, 1.82) is 0 Å². The van der Waals surface area contributed by atoms with Crippen molar-refractivity contribution in [2.24, 2.45) is 0 Å². The SMILES string of the molecule is COc1ccc(CN2C(=O)[C@](O)(CC(C)=O)c3cc(C)ccc32)cc1OC. The van der Waals surface area contributed by atoms with E-state index in [9.17, 15) is 14.7 Å². The Kier molecular flexibility index (Phi) is 4.93. The predicted octanol–water partition coefficient (Wildman–Crippen LogP) is 2.73. The number of Topliss-reactive ketones (excluding diaryl/α,β-unsaturated/α-hetero) is 1. The molecule has 27 heavy (non-hydrogen) atoms. The number of anilines is 1. The molecule has 1 N–H and O–H groups in total. The van der Waals surface area contributed by atoms with Gasteiger partial charge in [-0.05, 0) is 37.6 Å². The number of benzene rings is 2. The topological polar surface area (TPSA) is 76.1 Å². The molecule has 0 fully saturated rings. The first-order valence-corrected chi connectivity index (χ1v) is 8.66. The molecule has 0 radical (unpaired) electrons. The molecule has 2 aromatic carbocycles. The molecule has 142 valence electrons. The molecule has 0 aromatic heterocycles. The first-order chi connectivity index (χ1) is 12.8. The summed E-state index contributed by atoms with van der Waals surface area (Å²) >= 11 is 0. The minimum absolute atomic E-state index is 0.244. The molecule has 0 spiro atoms. The summed E-state index contributed by atoms with van der Waals surface area (Å²) in [5.74, 6) is 0.419. The lowest BCUT2D eigenvalue weighted by Gasteiger charge is -2.22. The standard InChI is InChI=1S/C21H23NO5/c1-13-5-7-17-16(9-13)21(25,11-14(2)23)20(24)22(17)12-15-6-8-18(26-3)19(10-15)27-4/h5-10,25H,11-12H2,1-4H3/t21-/m0/s1. The van der Waals surface area contributed by atoms with Crippen molar-refractivity contribution in [2.45, 2.75) is 32.4 Å². The lowest BCUT2D eigenvalue weighted by molar-refractivity contribution is -0.141. The molecule has 0 aliphatic carbocycles. The number of ketones is 1. The molecule has 0 saturated carbocycles. The number of fused-ring (bicyclic) bond motifs is 1. The minimum atomic E-state index is -1.83. The van der Waals surface area contributed by atoms with Gasteiger partial charge in [0.15, 0.2) is 17.1 Å². The molecule has 3 rings (SSSR count). The third-order valence-electron chi connectivity index (χ3n) is 4.78. The number of aryl methyl sites for hydroxylation is 1. The second-order valence-corrected chi connectivity index (χ2v) is 6.84. The summed E-state index contributed by atoms with van der Waals surface area (Å²) in [7, 11) is 3.11. The van der Waals surface area contributed by atoms with Gasteiger partial charge in [0.25, 0.3) is 5.91 Å². The van der Waals surface area contributed by atoms with Gasteiger partial charge in [-0.2, -0.15) is 0 Å². The molecule has 1 aliphatic rings. The number of amides is 1. The van der Waals surface area contributed by atoms with E-state index in [0.717, 1.165) is 11.1 Å². The van der Waals surface area contributed by atoms with Gasteiger partial charge in [0.2, 0.25) is 0 Å². The maximum atomic E-state index is 13.1. The van der Waals surface area contributed by atoms with Crippen molar-refractivity contribution in [3.8, 4) is 11.5 Å². The predicted molar refractivity (Wildman–Crippen MR) is 101 cm³/mol. The summed E-state index contributed by atoms with van der Waals surface area (Å²) < 4.78 is 10.6. The maximum Gasteiger partial charge on any atom is 0.264 e. The highest BCUT2D eigenvalue weighted by atomic mass is 16.5. The van der Waals surface area contributed by atoms with E-state index in [1.54, 1.807) is 38.5 Å². The first-order valence-electron chi connectivity index (χ1n) is 8.66. The smallest absolute Gasteiger partial charge is 0.264 e. The largest absolute Gasteiger partial charge is 0.493 e. The monoisotopic (exact) mass is 369 g/mol. The third-order valence-corrected chi connectivity index (χ3v) is 4.78. The van der Waals surface area contributed by atoms with Gasteiger partial charge in [-0.3, -0.25) is 9.59 Å². The van der Waals surface area contributed by atoms with Crippen LogP contribution in [-0.4, -0.2) is 31.0 Å². The molecular formula is C21H23NO5. The van der Waals surface area contributed by atoms with Crippen molar-refractivity contribution in [1.82, 2.24) is 0 Å². The highest BCUT2D eigenvalue weighted by Crippen LogP contribution is 2.44. The summed E-state index contributed by atoms with van der Waals surface area (Å²) in [5, 5.41) is 11.1. The summed E-state index contributed by atoms with van der Waals surface area (Å²) in [6, 6.07) is 10.9. The van der Waals surface area contributed by atoms with Crippen LogP contribution < -0.4 is 14.4 Å². The highest BCUT2D eigenvalue weighted by Gasteiger charge is 2.50. The van der Waals surface area contributed by atoms with Crippen LogP contribution in [0.3, 0.4) is 0 Å². The number of hydrogen-bond acceptors (Lipinski definition) is 5. The Morgan fingerprint density at radius 3 is 2.44 bits per heavy atom. The van der Waals surface area contributed by atoms with E-state index < -0.39 is 11.5 Å². The van der Waals surface area contributed by atoms with Gasteiger partial charge in [0, 0.05) is 12.0 Å². The average molecular weight is 369 g/mol. The van der Waals surface area contributed by atoms with Crippen molar-refractivity contribution in [2.75, 3.05) is 19.1 Å². The van der Waals surface area contributed by atoms with Crippen molar-refractivity contribution in [3.05, 3.63) is 53.1 Å². The van der Waals surface area contributed by atoms with Gasteiger partial charge in [-0.1, -0.05) is 23.8 Å². The van der Waals surface area contributed by atoms with Gasteiger partial charge in [0.05, 0.1) is 26.5 Å². The van der Waals surface area contributed by atoms with Crippen LogP contribution in [0.25, 0.3) is 0 Å². The van der Waals surface area contributed by atoms with Gasteiger partial charge < -0.3 is 19.5 Å². The van der Waals surface area contributed by atoms with E-state index in [1.807, 2.05) is 19.1 Å². The van der Waals surface area contributed by atoms with E-state index >= 15 is 0 Å². The number of nitrogens with zero attached hydrogens (tertiary/aromatic N) is 1. The number of carbonyl (C=O) groups is 2. The lowest BCUT2D eigenvalue weighted by Crippen LogP contribution is -2.41. The second-order valence-electron chi connectivity index (χ2n) is 6.84. The second kappa shape index (κ2) is 7.04. The van der Waals surface area contributed by atoms with E-state index in [0.29, 0.717) is 22.7 Å². The van der Waals surface area contributed by atoms with E-state index in [2.05, 4.69) is 0 Å². The number of rotatable bonds is 6. The maximum absolute atomic E-state index is 13.1. The molecule has 2 aromatic rings. The van der Waals surface area contributed by atoms with Crippen LogP contribution >= 0.6 is 0 Å². The zero-order valence-electron chi connectivity index (χ0n) is 15.9. The molecule has 1 amide bonds. The van der Waals surface area contributed by atoms with Crippen molar-refractivity contribution in [3.63, 3.8) is 0 Å². The fourth-order valence-corrected chi connectivity index (χ4v) is 3.51. The Morgan fingerprint density at radius 2 is 1.81 bits per heavy atom. The molecule has 1 aliphatic heterocycles. The minimum Gasteiger partial charge on any atom is -0.493 e. The van der Waals surface area contributed by atoms with Gasteiger partial charge in [0.1, 0.15) is 5.78 Å². The Hall–Kier alpha value is -2.86. The number of ether oxygens (including phenoxy) is 2. The van der Waals surface area contributed by atoms with Crippen LogP contribution in [0.15, 0.2) is 36.4 Å². The zero-order chi connectivity index (χ0) is 19.8. The third kappa shape index (κ3) is 3.28. The Balaban J connectivity index is 2.02. The normalized spacial score (nSPS) is 18.4. The van der Waals surface area contributed by atoms with Crippen molar-refractivity contribution < 1.29 is 24.2 Å². The summed E-state index contributed by atoms with van der Waals surface area (Å²) in [6.07, 6.45) is -0.245. The molecule has 1 heterocycles. The molecule has 6 nitrogen and oxygen atoms in total. The number of carbonyl (C=O) groups excluding carboxylic acids is 2.